The van der Waals surface area contributed by atoms with Crippen molar-refractivity contribution in [1.29, 1.82) is 0 Å². The van der Waals surface area contributed by atoms with Crippen molar-refractivity contribution >= 4 is 11.7 Å². The van der Waals surface area contributed by atoms with Gasteiger partial charge >= 0.3 is 0 Å². The van der Waals surface area contributed by atoms with E-state index in [1.165, 1.54) is 0 Å². The van der Waals surface area contributed by atoms with Crippen LogP contribution in [-0.2, 0) is 9.53 Å². The van der Waals surface area contributed by atoms with Crippen molar-refractivity contribution in [2.24, 2.45) is 11.3 Å². The molecule has 1 aromatic rings. The molecule has 1 N–H and O–H groups in total. The van der Waals surface area contributed by atoms with Crippen molar-refractivity contribution in [2.45, 2.75) is 38.1 Å². The van der Waals surface area contributed by atoms with Gasteiger partial charge in [-0.2, -0.15) is 0 Å². The summed E-state index contributed by atoms with van der Waals surface area (Å²) in [5.74, 6) is 1.30. The third kappa shape index (κ3) is 3.04. The third-order valence-corrected chi connectivity index (χ3v) is 5.55. The van der Waals surface area contributed by atoms with Gasteiger partial charge in [0.05, 0.1) is 12.5 Å². The van der Waals surface area contributed by atoms with Crippen molar-refractivity contribution in [3.63, 3.8) is 0 Å². The lowest BCUT2D eigenvalue weighted by molar-refractivity contribution is -0.139. The van der Waals surface area contributed by atoms with Gasteiger partial charge < -0.3 is 15.0 Å². The minimum absolute atomic E-state index is 0.0916. The first-order chi connectivity index (χ1) is 11.2. The smallest absolute Gasteiger partial charge is 0.228 e. The van der Waals surface area contributed by atoms with Crippen LogP contribution in [0.4, 0.5) is 5.82 Å². The molecule has 0 unspecified atom stereocenters. The number of likely N-dealkylation sites (tertiary alicyclic amines) is 1. The second-order valence-electron chi connectivity index (χ2n) is 7.27. The normalized spacial score (nSPS) is 33.5. The summed E-state index contributed by atoms with van der Waals surface area (Å²) in [5, 5.41) is 3.46. The van der Waals surface area contributed by atoms with E-state index in [0.717, 1.165) is 57.6 Å². The SMILES string of the molecule is O=C([C@H]1CCCOC1)N1CCC2(CC(Nc3ccncn3)C2)C1. The van der Waals surface area contributed by atoms with E-state index < -0.39 is 0 Å². The average Bonchev–Trinajstić information content (AvgIpc) is 3.01. The maximum absolute atomic E-state index is 12.6. The van der Waals surface area contributed by atoms with Crippen molar-refractivity contribution in [2.75, 3.05) is 31.6 Å². The van der Waals surface area contributed by atoms with E-state index in [0.29, 0.717) is 24.0 Å². The predicted molar refractivity (Wildman–Crippen MR) is 85.8 cm³/mol. The molecule has 124 valence electrons. The fraction of sp³-hybridized carbons (Fsp3) is 0.706. The standard InChI is InChI=1S/C17H24N4O2/c22-16(13-2-1-7-23-10-13)21-6-4-17(11-21)8-14(9-17)20-15-3-5-18-12-19-15/h3,5,12-14H,1-2,4,6-11H2,(H,18,19,20)/t13-,14?,17?/m0/s1. The fourth-order valence-corrected chi connectivity index (χ4v) is 4.32. The van der Waals surface area contributed by atoms with Gasteiger partial charge in [-0.15, -0.1) is 0 Å². The highest BCUT2D eigenvalue weighted by Gasteiger charge is 2.50. The van der Waals surface area contributed by atoms with Crippen molar-refractivity contribution in [3.05, 3.63) is 18.6 Å². The lowest BCUT2D eigenvalue weighted by Crippen LogP contribution is -2.48. The molecule has 6 nitrogen and oxygen atoms in total. The van der Waals surface area contributed by atoms with Crippen LogP contribution in [-0.4, -0.2) is 53.1 Å². The van der Waals surface area contributed by atoms with Crippen LogP contribution in [0.25, 0.3) is 0 Å². The highest BCUT2D eigenvalue weighted by atomic mass is 16.5. The number of nitrogens with zero attached hydrogens (tertiary/aromatic N) is 3. The number of rotatable bonds is 3. The number of ether oxygens (including phenoxy) is 1. The summed E-state index contributed by atoms with van der Waals surface area (Å²) in [5.41, 5.74) is 0.329. The van der Waals surface area contributed by atoms with Gasteiger partial charge in [0.1, 0.15) is 12.1 Å². The van der Waals surface area contributed by atoms with Gasteiger partial charge in [-0.25, -0.2) is 9.97 Å². The lowest BCUT2D eigenvalue weighted by Gasteiger charge is -2.45. The highest BCUT2D eigenvalue weighted by molar-refractivity contribution is 5.79. The van der Waals surface area contributed by atoms with E-state index >= 15 is 0 Å². The predicted octanol–water partition coefficient (Wildman–Crippen LogP) is 1.70. The summed E-state index contributed by atoms with van der Waals surface area (Å²) in [6.07, 6.45) is 8.71. The van der Waals surface area contributed by atoms with E-state index in [-0.39, 0.29) is 5.92 Å². The maximum Gasteiger partial charge on any atom is 0.228 e. The van der Waals surface area contributed by atoms with E-state index in [2.05, 4.69) is 20.2 Å². The summed E-state index contributed by atoms with van der Waals surface area (Å²) in [7, 11) is 0. The van der Waals surface area contributed by atoms with Gasteiger partial charge in [0.15, 0.2) is 0 Å². The van der Waals surface area contributed by atoms with Crippen LogP contribution < -0.4 is 5.32 Å². The Morgan fingerprint density at radius 1 is 1.43 bits per heavy atom. The molecule has 0 aromatic carbocycles. The molecule has 2 saturated heterocycles. The topological polar surface area (TPSA) is 67.3 Å². The van der Waals surface area contributed by atoms with Gasteiger partial charge in [0.25, 0.3) is 0 Å². The van der Waals surface area contributed by atoms with E-state index in [1.54, 1.807) is 12.5 Å². The van der Waals surface area contributed by atoms with Crippen LogP contribution in [0, 0.1) is 11.3 Å². The van der Waals surface area contributed by atoms with Crippen molar-refractivity contribution < 1.29 is 9.53 Å². The maximum atomic E-state index is 12.6. The molecule has 4 rings (SSSR count). The fourth-order valence-electron chi connectivity index (χ4n) is 4.32. The molecular formula is C17H24N4O2. The first-order valence-electron chi connectivity index (χ1n) is 8.63. The Bertz CT molecular complexity index is 553. The third-order valence-electron chi connectivity index (χ3n) is 5.55. The van der Waals surface area contributed by atoms with Crippen LogP contribution >= 0.6 is 0 Å². The average molecular weight is 316 g/mol. The van der Waals surface area contributed by atoms with Gasteiger partial charge in [0.2, 0.25) is 5.91 Å². The first kappa shape index (κ1) is 14.9. The number of carbonyl (C=O) groups is 1. The highest BCUT2D eigenvalue weighted by Crippen LogP contribution is 2.49. The number of amides is 1. The van der Waals surface area contributed by atoms with Crippen LogP contribution in [0.2, 0.25) is 0 Å². The Kier molecular flexibility index (Phi) is 3.93. The minimum Gasteiger partial charge on any atom is -0.381 e. The summed E-state index contributed by atoms with van der Waals surface area (Å²) in [4.78, 5) is 22.9. The molecule has 6 heteroatoms. The Morgan fingerprint density at radius 2 is 2.35 bits per heavy atom. The molecule has 3 aliphatic rings. The van der Waals surface area contributed by atoms with Crippen molar-refractivity contribution in [1.82, 2.24) is 14.9 Å². The van der Waals surface area contributed by atoms with Crippen LogP contribution in [0.3, 0.4) is 0 Å². The van der Waals surface area contributed by atoms with Gasteiger partial charge in [-0.1, -0.05) is 0 Å². The van der Waals surface area contributed by atoms with Gasteiger partial charge in [-0.05, 0) is 43.6 Å². The Morgan fingerprint density at radius 3 is 3.09 bits per heavy atom. The van der Waals surface area contributed by atoms with Crippen LogP contribution in [0.15, 0.2) is 18.6 Å². The number of carbonyl (C=O) groups excluding carboxylic acids is 1. The second kappa shape index (κ2) is 6.07. The summed E-state index contributed by atoms with van der Waals surface area (Å²) < 4.78 is 5.47. The quantitative estimate of drug-likeness (QED) is 0.919. The largest absolute Gasteiger partial charge is 0.381 e. The Labute approximate surface area is 136 Å². The zero-order valence-electron chi connectivity index (χ0n) is 13.4. The Balaban J connectivity index is 1.28. The molecular weight excluding hydrogens is 292 g/mol. The van der Waals surface area contributed by atoms with Gasteiger partial charge in [0, 0.05) is 31.9 Å². The molecule has 1 aliphatic carbocycles. The molecule has 1 saturated carbocycles. The monoisotopic (exact) mass is 316 g/mol. The van der Waals surface area contributed by atoms with E-state index in [1.807, 2.05) is 6.07 Å². The zero-order chi connectivity index (χ0) is 15.7. The Hall–Kier alpha value is -1.69. The molecule has 1 spiro atoms. The molecule has 3 heterocycles. The first-order valence-corrected chi connectivity index (χ1v) is 8.63. The molecule has 23 heavy (non-hydrogen) atoms. The van der Waals surface area contributed by atoms with E-state index in [4.69, 9.17) is 4.74 Å². The number of hydrogen-bond acceptors (Lipinski definition) is 5. The molecule has 1 amide bonds. The molecule has 2 aliphatic heterocycles. The summed E-state index contributed by atoms with van der Waals surface area (Å²) in [6, 6.07) is 2.37. The zero-order valence-corrected chi connectivity index (χ0v) is 13.4. The summed E-state index contributed by atoms with van der Waals surface area (Å²) >= 11 is 0. The molecule has 0 radical (unpaired) electrons. The molecule has 1 aromatic heterocycles. The summed E-state index contributed by atoms with van der Waals surface area (Å²) in [6.45, 7) is 3.25. The number of nitrogens with one attached hydrogen (secondary N) is 1. The second-order valence-corrected chi connectivity index (χ2v) is 7.27. The number of anilines is 1. The van der Waals surface area contributed by atoms with Crippen molar-refractivity contribution in [3.8, 4) is 0 Å². The van der Waals surface area contributed by atoms with Crippen LogP contribution in [0.5, 0.6) is 0 Å². The molecule has 3 fully saturated rings. The molecule has 0 bridgehead atoms. The molecule has 1 atom stereocenters. The number of aromatic nitrogens is 2. The van der Waals surface area contributed by atoms with E-state index in [9.17, 15) is 4.79 Å². The van der Waals surface area contributed by atoms with Gasteiger partial charge in [-0.3, -0.25) is 4.79 Å². The van der Waals surface area contributed by atoms with Crippen LogP contribution in [0.1, 0.15) is 32.1 Å². The minimum atomic E-state index is 0.0916. The number of hydrogen-bond donors (Lipinski definition) is 1. The lowest BCUT2D eigenvalue weighted by atomic mass is 9.65.